The lowest BCUT2D eigenvalue weighted by Gasteiger charge is -2.12. The predicted octanol–water partition coefficient (Wildman–Crippen LogP) is 2.95. The summed E-state index contributed by atoms with van der Waals surface area (Å²) in [6.45, 7) is 0.715. The van der Waals surface area contributed by atoms with Gasteiger partial charge >= 0.3 is 12.1 Å². The monoisotopic (exact) mass is 454 g/mol. The Bertz CT molecular complexity index is 979. The van der Waals surface area contributed by atoms with Crippen LogP contribution in [-0.2, 0) is 4.79 Å². The van der Waals surface area contributed by atoms with E-state index in [1.54, 1.807) is 24.4 Å². The maximum Gasteiger partial charge on any atom is 0.490 e. The molecule has 3 rings (SSSR count). The van der Waals surface area contributed by atoms with Crippen molar-refractivity contribution >= 4 is 23.5 Å². The number of aromatic nitrogens is 1. The fourth-order valence-corrected chi connectivity index (χ4v) is 3.04. The van der Waals surface area contributed by atoms with Gasteiger partial charge in [0.2, 0.25) is 0 Å². The lowest BCUT2D eigenvalue weighted by Crippen LogP contribution is -2.36. The van der Waals surface area contributed by atoms with Gasteiger partial charge in [-0.05, 0) is 41.8 Å². The van der Waals surface area contributed by atoms with E-state index in [2.05, 4.69) is 21.7 Å². The second-order valence-corrected chi connectivity index (χ2v) is 6.90. The normalized spacial score (nSPS) is 17.8. The third-order valence-corrected chi connectivity index (χ3v) is 4.68. The van der Waals surface area contributed by atoms with E-state index < -0.39 is 12.1 Å². The van der Waals surface area contributed by atoms with Gasteiger partial charge in [0.05, 0.1) is 11.6 Å². The summed E-state index contributed by atoms with van der Waals surface area (Å²) in [6, 6.07) is 13.3. The first-order valence-corrected chi connectivity index (χ1v) is 9.54. The zero-order chi connectivity index (χ0) is 23.0. The summed E-state index contributed by atoms with van der Waals surface area (Å²) in [5.41, 5.74) is 2.69. The Morgan fingerprint density at radius 3 is 2.55 bits per heavy atom. The Morgan fingerprint density at radius 2 is 1.97 bits per heavy atom. The molecule has 31 heavy (non-hydrogen) atoms. The molecule has 1 aromatic heterocycles. The Balaban J connectivity index is 0.000000423. The lowest BCUT2D eigenvalue weighted by molar-refractivity contribution is -0.192. The van der Waals surface area contributed by atoms with E-state index in [4.69, 9.17) is 26.8 Å². The van der Waals surface area contributed by atoms with Crippen molar-refractivity contribution in [1.29, 1.82) is 5.26 Å². The minimum absolute atomic E-state index is 0.0635. The topological polar surface area (TPSA) is 115 Å². The molecule has 2 heterocycles. The number of hydrogen-bond acceptors (Lipinski definition) is 5. The number of pyridine rings is 1. The van der Waals surface area contributed by atoms with Gasteiger partial charge in [-0.3, -0.25) is 9.78 Å². The molecule has 11 heteroatoms. The van der Waals surface area contributed by atoms with Crippen LogP contribution < -0.4 is 10.6 Å². The molecule has 0 saturated carbocycles. The van der Waals surface area contributed by atoms with Crippen LogP contribution in [0.1, 0.15) is 22.5 Å². The molecule has 0 unspecified atom stereocenters. The highest BCUT2D eigenvalue weighted by molar-refractivity contribution is 6.18. The fourth-order valence-electron chi connectivity index (χ4n) is 2.81. The zero-order valence-corrected chi connectivity index (χ0v) is 16.7. The van der Waals surface area contributed by atoms with E-state index in [1.165, 1.54) is 0 Å². The van der Waals surface area contributed by atoms with Gasteiger partial charge in [0.1, 0.15) is 5.69 Å². The lowest BCUT2D eigenvalue weighted by atomic mass is 10.0. The van der Waals surface area contributed by atoms with Crippen molar-refractivity contribution in [2.24, 2.45) is 0 Å². The van der Waals surface area contributed by atoms with E-state index in [0.29, 0.717) is 23.7 Å². The quantitative estimate of drug-likeness (QED) is 0.612. The number of hydrogen-bond donors (Lipinski definition) is 3. The summed E-state index contributed by atoms with van der Waals surface area (Å²) in [5.74, 6) is -2.42. The van der Waals surface area contributed by atoms with Crippen LogP contribution in [0.5, 0.6) is 0 Å². The Kier molecular flexibility index (Phi) is 8.36. The molecule has 1 fully saturated rings. The minimum Gasteiger partial charge on any atom is -0.475 e. The number of carboxylic acid groups (broad SMARTS) is 1. The summed E-state index contributed by atoms with van der Waals surface area (Å²) in [6.07, 6.45) is -2.66. The van der Waals surface area contributed by atoms with Gasteiger partial charge in [0.15, 0.2) is 0 Å². The molecule has 164 valence electrons. The van der Waals surface area contributed by atoms with Gasteiger partial charge in [-0.25, -0.2) is 4.79 Å². The molecule has 2 atom stereocenters. The van der Waals surface area contributed by atoms with Gasteiger partial charge in [-0.15, -0.1) is 11.6 Å². The van der Waals surface area contributed by atoms with Crippen LogP contribution in [0, 0.1) is 11.3 Å². The summed E-state index contributed by atoms with van der Waals surface area (Å²) in [4.78, 5) is 25.5. The largest absolute Gasteiger partial charge is 0.490 e. The van der Waals surface area contributed by atoms with E-state index in [1.807, 2.05) is 18.2 Å². The maximum absolute atomic E-state index is 12.4. The van der Waals surface area contributed by atoms with Gasteiger partial charge in [-0.1, -0.05) is 12.1 Å². The number of carbonyl (C=O) groups is 2. The number of amides is 1. The number of benzene rings is 1. The molecule has 1 aliphatic heterocycles. The first kappa shape index (κ1) is 24.1. The molecular weight excluding hydrogens is 437 g/mol. The van der Waals surface area contributed by atoms with Crippen molar-refractivity contribution in [3.8, 4) is 17.2 Å². The van der Waals surface area contributed by atoms with Crippen molar-refractivity contribution < 1.29 is 27.9 Å². The van der Waals surface area contributed by atoms with Crippen molar-refractivity contribution in [1.82, 2.24) is 15.6 Å². The number of alkyl halides is 4. The molecule has 1 aromatic carbocycles. The van der Waals surface area contributed by atoms with Crippen molar-refractivity contribution in [2.75, 3.05) is 12.4 Å². The summed E-state index contributed by atoms with van der Waals surface area (Å²) in [5, 5.41) is 22.4. The Morgan fingerprint density at radius 1 is 1.29 bits per heavy atom. The zero-order valence-electron chi connectivity index (χ0n) is 16.0. The highest BCUT2D eigenvalue weighted by Crippen LogP contribution is 2.21. The number of nitrogens with zero attached hydrogens (tertiary/aromatic N) is 2. The number of rotatable bonds is 4. The molecule has 3 N–H and O–H groups in total. The molecule has 0 radical (unpaired) electrons. The Labute approximate surface area is 180 Å². The van der Waals surface area contributed by atoms with E-state index in [-0.39, 0.29) is 18.0 Å². The van der Waals surface area contributed by atoms with Crippen LogP contribution in [0.4, 0.5) is 13.2 Å². The molecule has 0 spiro atoms. The number of nitriles is 1. The maximum atomic E-state index is 12.4. The van der Waals surface area contributed by atoms with E-state index in [9.17, 15) is 18.0 Å². The van der Waals surface area contributed by atoms with Crippen LogP contribution >= 0.6 is 11.6 Å². The average Bonchev–Trinajstić information content (AvgIpc) is 3.21. The second kappa shape index (κ2) is 10.7. The van der Waals surface area contributed by atoms with Crippen LogP contribution in [0.15, 0.2) is 42.6 Å². The first-order valence-electron chi connectivity index (χ1n) is 9.01. The van der Waals surface area contributed by atoms with Crippen molar-refractivity contribution in [2.45, 2.75) is 24.7 Å². The molecule has 0 aliphatic carbocycles. The molecule has 2 aromatic rings. The second-order valence-electron chi connectivity index (χ2n) is 6.59. The number of carboxylic acids is 1. The summed E-state index contributed by atoms with van der Waals surface area (Å²) < 4.78 is 31.7. The molecule has 7 nitrogen and oxygen atoms in total. The first-order chi connectivity index (χ1) is 14.6. The van der Waals surface area contributed by atoms with Gasteiger partial charge in [-0.2, -0.15) is 18.4 Å². The van der Waals surface area contributed by atoms with Crippen LogP contribution in [-0.4, -0.2) is 52.7 Å². The molecule has 0 bridgehead atoms. The van der Waals surface area contributed by atoms with E-state index >= 15 is 0 Å². The van der Waals surface area contributed by atoms with Gasteiger partial charge < -0.3 is 15.7 Å². The predicted molar refractivity (Wildman–Crippen MR) is 106 cm³/mol. The summed E-state index contributed by atoms with van der Waals surface area (Å²) >= 11 is 5.83. The summed E-state index contributed by atoms with van der Waals surface area (Å²) in [7, 11) is 0. The van der Waals surface area contributed by atoms with Gasteiger partial charge in [0.25, 0.3) is 5.91 Å². The number of aliphatic carboxylic acids is 1. The van der Waals surface area contributed by atoms with Crippen LogP contribution in [0.3, 0.4) is 0 Å². The molecule has 1 saturated heterocycles. The smallest absolute Gasteiger partial charge is 0.475 e. The molecule has 1 aliphatic rings. The highest BCUT2D eigenvalue weighted by atomic mass is 35.5. The highest BCUT2D eigenvalue weighted by Gasteiger charge is 2.38. The van der Waals surface area contributed by atoms with Crippen molar-refractivity contribution in [3.05, 3.63) is 53.9 Å². The third kappa shape index (κ3) is 7.24. The van der Waals surface area contributed by atoms with E-state index in [0.717, 1.165) is 17.5 Å². The van der Waals surface area contributed by atoms with Crippen molar-refractivity contribution in [3.63, 3.8) is 0 Å². The standard InChI is InChI=1S/C18H17ClN4O.C2HF3O2/c19-9-15-8-16(11-22-15)23-18(24)17-7-14(4-5-21-17)13-3-1-2-12(6-13)10-20;3-2(4,5)1(6)7/h1-7,15-16,22H,8-9,11H2,(H,23,24);(H,6,7)/t15-,16+;/m0./s1. The van der Waals surface area contributed by atoms with Gasteiger partial charge in [0, 0.05) is 30.7 Å². The third-order valence-electron chi connectivity index (χ3n) is 4.30. The molecular formula is C20H18ClF3N4O3. The average molecular weight is 455 g/mol. The number of halogens is 4. The minimum atomic E-state index is -5.08. The SMILES string of the molecule is N#Cc1cccc(-c2ccnc(C(=O)N[C@H]3CN[C@H](CCl)C3)c2)c1.O=C(O)C(F)(F)F. The van der Waals surface area contributed by atoms with Crippen LogP contribution in [0.25, 0.3) is 11.1 Å². The number of nitrogens with one attached hydrogen (secondary N) is 2. The Hall–Kier alpha value is -3.16. The molecule has 1 amide bonds. The number of carbonyl (C=O) groups excluding carboxylic acids is 1. The fraction of sp³-hybridized carbons (Fsp3) is 0.300. The van der Waals surface area contributed by atoms with Crippen LogP contribution in [0.2, 0.25) is 0 Å².